The van der Waals surface area contributed by atoms with Gasteiger partial charge < -0.3 is 20.1 Å². The standard InChI is InChI=1S/C21H22N8O4/c1-14-5-7-16(8-6-14)23-19-24-20(26-21(25-19)28-9-11-33-12-10-28)27-22-13-15-3-2-4-17(18(15)30)29(31)32/h2-8,13H,9-12H2,1H3,(H3-,22,23,24,25,26,27,30,31,32)/p+1. The highest BCUT2D eigenvalue weighted by Crippen LogP contribution is 2.27. The van der Waals surface area contributed by atoms with Gasteiger partial charge in [-0.2, -0.15) is 20.1 Å². The van der Waals surface area contributed by atoms with Crippen LogP contribution in [0.2, 0.25) is 0 Å². The van der Waals surface area contributed by atoms with E-state index in [0.29, 0.717) is 38.2 Å². The number of anilines is 4. The fourth-order valence-corrected chi connectivity index (χ4v) is 3.11. The molecule has 1 saturated heterocycles. The number of hydrogen-bond acceptors (Lipinski definition) is 10. The van der Waals surface area contributed by atoms with Crippen LogP contribution in [0.3, 0.4) is 0 Å². The quantitative estimate of drug-likeness (QED) is 0.312. The Morgan fingerprint density at radius 1 is 1.09 bits per heavy atom. The Hall–Kier alpha value is -4.32. The molecule has 3 aromatic rings. The van der Waals surface area contributed by atoms with Crippen LogP contribution in [0.5, 0.6) is 5.75 Å². The Bertz CT molecular complexity index is 1160. The Morgan fingerprint density at radius 2 is 1.82 bits per heavy atom. The van der Waals surface area contributed by atoms with Gasteiger partial charge in [-0.05, 0) is 25.1 Å². The summed E-state index contributed by atoms with van der Waals surface area (Å²) in [5.74, 6) is 0.570. The molecule has 0 spiro atoms. The average Bonchev–Trinajstić information content (AvgIpc) is 2.82. The number of para-hydroxylation sites is 1. The molecule has 1 fully saturated rings. The first-order valence-electron chi connectivity index (χ1n) is 10.2. The highest BCUT2D eigenvalue weighted by Gasteiger charge is 2.20. The van der Waals surface area contributed by atoms with Crippen molar-refractivity contribution >= 4 is 35.4 Å². The van der Waals surface area contributed by atoms with Gasteiger partial charge in [0.25, 0.3) is 4.92 Å². The van der Waals surface area contributed by atoms with Crippen molar-refractivity contribution in [2.45, 2.75) is 6.92 Å². The van der Waals surface area contributed by atoms with E-state index in [0.717, 1.165) is 11.3 Å². The van der Waals surface area contributed by atoms with Gasteiger partial charge in [0.05, 0.1) is 24.3 Å². The zero-order valence-corrected chi connectivity index (χ0v) is 17.8. The van der Waals surface area contributed by atoms with Crippen LogP contribution < -0.4 is 15.6 Å². The van der Waals surface area contributed by atoms with Crippen molar-refractivity contribution in [3.05, 3.63) is 58.5 Å². The molecule has 0 aliphatic carbocycles. The molecule has 12 heteroatoms. The maximum absolute atomic E-state index is 11.1. The van der Waals surface area contributed by atoms with E-state index < -0.39 is 10.7 Å². The van der Waals surface area contributed by atoms with Gasteiger partial charge in [-0.1, -0.05) is 23.8 Å². The molecule has 4 N–H and O–H groups in total. The molecule has 2 heterocycles. The number of aryl methyl sites for hydroxylation is 1. The highest BCUT2D eigenvalue weighted by atomic mass is 16.6. The number of aromatic nitrogens is 3. The van der Waals surface area contributed by atoms with Gasteiger partial charge in [-0.15, -0.1) is 0 Å². The minimum atomic E-state index is -0.413. The van der Waals surface area contributed by atoms with E-state index in [1.54, 1.807) is 0 Å². The van der Waals surface area contributed by atoms with E-state index in [1.807, 2.05) is 36.1 Å². The number of hydrazone groups is 1. The van der Waals surface area contributed by atoms with E-state index in [-0.39, 0.29) is 17.2 Å². The van der Waals surface area contributed by atoms with Crippen LogP contribution in [0.15, 0.2) is 47.6 Å². The van der Waals surface area contributed by atoms with Crippen LogP contribution in [0.25, 0.3) is 0 Å². The summed E-state index contributed by atoms with van der Waals surface area (Å²) < 4.78 is 5.41. The van der Waals surface area contributed by atoms with Gasteiger partial charge >= 0.3 is 5.69 Å². The second kappa shape index (κ2) is 9.87. The number of phenols is 1. The molecule has 0 bridgehead atoms. The molecule has 0 amide bonds. The summed E-state index contributed by atoms with van der Waals surface area (Å²) in [6, 6.07) is 12.1. The second-order valence-corrected chi connectivity index (χ2v) is 7.23. The average molecular weight is 451 g/mol. The van der Waals surface area contributed by atoms with E-state index in [4.69, 9.17) is 9.94 Å². The Labute approximate surface area is 189 Å². The molecule has 0 unspecified atom stereocenters. The predicted octanol–water partition coefficient (Wildman–Crippen LogP) is 2.71. The lowest BCUT2D eigenvalue weighted by molar-refractivity contribution is -0.730. The summed E-state index contributed by atoms with van der Waals surface area (Å²) in [5.41, 5.74) is 4.61. The summed E-state index contributed by atoms with van der Waals surface area (Å²) in [5, 5.41) is 26.4. The van der Waals surface area contributed by atoms with Crippen molar-refractivity contribution in [1.29, 1.82) is 0 Å². The summed E-state index contributed by atoms with van der Waals surface area (Å²) >= 11 is 0. The maximum atomic E-state index is 11.1. The number of nitrogens with one attached hydrogen (secondary N) is 2. The molecule has 0 atom stereocenters. The summed E-state index contributed by atoms with van der Waals surface area (Å²) in [6.07, 6.45) is 1.29. The fourth-order valence-electron chi connectivity index (χ4n) is 3.11. The molecule has 1 aliphatic heterocycles. The van der Waals surface area contributed by atoms with Crippen LogP contribution in [0, 0.1) is 11.8 Å². The third kappa shape index (κ3) is 5.49. The molecule has 170 valence electrons. The Kier molecular flexibility index (Phi) is 6.55. The maximum Gasteiger partial charge on any atom is 0.358 e. The third-order valence-electron chi connectivity index (χ3n) is 4.85. The molecule has 0 radical (unpaired) electrons. The molecule has 33 heavy (non-hydrogen) atoms. The zero-order chi connectivity index (χ0) is 23.2. The Balaban J connectivity index is 1.58. The van der Waals surface area contributed by atoms with Gasteiger partial charge in [0.1, 0.15) is 0 Å². The lowest BCUT2D eigenvalue weighted by Gasteiger charge is -2.27. The molecule has 1 aromatic heterocycles. The zero-order valence-electron chi connectivity index (χ0n) is 17.8. The van der Waals surface area contributed by atoms with Crippen LogP contribution >= 0.6 is 0 Å². The number of aromatic hydroxyl groups is 1. The van der Waals surface area contributed by atoms with Crippen LogP contribution in [0.1, 0.15) is 11.1 Å². The Morgan fingerprint density at radius 3 is 2.55 bits per heavy atom. The normalized spacial score (nSPS) is 13.8. The number of hydrogen-bond donors (Lipinski definition) is 4. The highest BCUT2D eigenvalue weighted by molar-refractivity contribution is 5.85. The number of ether oxygens (including phenoxy) is 1. The van der Waals surface area contributed by atoms with Crippen molar-refractivity contribution in [1.82, 2.24) is 15.0 Å². The molecular formula is C21H23N8O4+. The first-order valence-corrected chi connectivity index (χ1v) is 10.2. The largest absolute Gasteiger partial charge is 0.502 e. The van der Waals surface area contributed by atoms with Gasteiger partial charge in [0.15, 0.2) is 0 Å². The van der Waals surface area contributed by atoms with Crippen molar-refractivity contribution in [2.24, 2.45) is 5.10 Å². The topological polar surface area (TPSA) is 148 Å². The van der Waals surface area contributed by atoms with Gasteiger partial charge in [-0.25, -0.2) is 10.6 Å². The number of morpholine rings is 1. The van der Waals surface area contributed by atoms with Gasteiger partial charge in [-0.3, -0.25) is 0 Å². The van der Waals surface area contributed by atoms with E-state index in [1.165, 1.54) is 24.4 Å². The van der Waals surface area contributed by atoms with Gasteiger partial charge in [0.2, 0.25) is 23.6 Å². The lowest BCUT2D eigenvalue weighted by atomic mass is 10.2. The van der Waals surface area contributed by atoms with Crippen molar-refractivity contribution in [3.63, 3.8) is 0 Å². The first-order chi connectivity index (χ1) is 16.0. The lowest BCUT2D eigenvalue weighted by Crippen LogP contribution is -2.37. The molecule has 0 saturated carbocycles. The first kappa shape index (κ1) is 21.9. The summed E-state index contributed by atoms with van der Waals surface area (Å²) in [7, 11) is 0. The van der Waals surface area contributed by atoms with Crippen LogP contribution in [-0.2, 0) is 4.74 Å². The molecule has 12 nitrogen and oxygen atoms in total. The molecule has 1 aliphatic rings. The minimum absolute atomic E-state index is 0.181. The summed E-state index contributed by atoms with van der Waals surface area (Å²) in [6.45, 7) is 4.44. The predicted molar refractivity (Wildman–Crippen MR) is 122 cm³/mol. The van der Waals surface area contributed by atoms with E-state index in [2.05, 4.69) is 30.8 Å². The fraction of sp³-hybridized carbons (Fsp3) is 0.238. The molecular weight excluding hydrogens is 428 g/mol. The minimum Gasteiger partial charge on any atom is -0.502 e. The smallest absolute Gasteiger partial charge is 0.358 e. The van der Waals surface area contributed by atoms with E-state index in [9.17, 15) is 10.0 Å². The van der Waals surface area contributed by atoms with Crippen molar-refractivity contribution in [3.8, 4) is 5.75 Å². The SMILES string of the molecule is Cc1ccc(Nc2nc(N/N=C/c3cccc([N+](=O)O)c3O)nc(N3CCOCC3)n2)cc1. The van der Waals surface area contributed by atoms with Crippen LogP contribution in [-0.4, -0.2) is 62.7 Å². The monoisotopic (exact) mass is 451 g/mol. The van der Waals surface area contributed by atoms with Gasteiger partial charge in [0, 0.05) is 30.4 Å². The second-order valence-electron chi connectivity index (χ2n) is 7.23. The number of benzene rings is 2. The van der Waals surface area contributed by atoms with Crippen LogP contribution in [0.4, 0.5) is 29.2 Å². The molecule has 2 aromatic carbocycles. The van der Waals surface area contributed by atoms with Crippen molar-refractivity contribution in [2.75, 3.05) is 41.9 Å². The third-order valence-corrected chi connectivity index (χ3v) is 4.85. The van der Waals surface area contributed by atoms with Crippen molar-refractivity contribution < 1.29 is 20.0 Å². The molecule has 4 rings (SSSR count). The number of phenolic OH excluding ortho intramolecular Hbond substituents is 1. The van der Waals surface area contributed by atoms with E-state index >= 15 is 0 Å². The summed E-state index contributed by atoms with van der Waals surface area (Å²) in [4.78, 5) is 26.0. The number of rotatable bonds is 7. The number of nitrogens with zero attached hydrogens (tertiary/aromatic N) is 6.